The summed E-state index contributed by atoms with van der Waals surface area (Å²) in [6, 6.07) is 6.34. The quantitative estimate of drug-likeness (QED) is 0.829. The van der Waals surface area contributed by atoms with Gasteiger partial charge < -0.3 is 20.5 Å². The van der Waals surface area contributed by atoms with Gasteiger partial charge in [0.25, 0.3) is 0 Å². The molecule has 0 bridgehead atoms. The second-order valence-corrected chi connectivity index (χ2v) is 5.60. The number of nitrogens with two attached hydrogens (primary N) is 1. The lowest BCUT2D eigenvalue weighted by molar-refractivity contribution is 0.0523. The molecule has 0 aliphatic carbocycles. The van der Waals surface area contributed by atoms with Crippen LogP contribution in [0.4, 0.5) is 4.79 Å². The van der Waals surface area contributed by atoms with Crippen molar-refractivity contribution in [1.82, 2.24) is 5.32 Å². The van der Waals surface area contributed by atoms with Crippen LogP contribution in [0.2, 0.25) is 0 Å². The SMILES string of the molecule is COC(=O)c1ccc([C@H](N)CNC(=O)OC(C)(C)C)cc1. The maximum absolute atomic E-state index is 11.5. The van der Waals surface area contributed by atoms with Gasteiger partial charge in [0, 0.05) is 12.6 Å². The van der Waals surface area contributed by atoms with Crippen molar-refractivity contribution in [2.45, 2.75) is 32.4 Å². The van der Waals surface area contributed by atoms with E-state index in [9.17, 15) is 9.59 Å². The third kappa shape index (κ3) is 5.83. The Bertz CT molecular complexity index is 491. The van der Waals surface area contributed by atoms with Gasteiger partial charge in [-0.3, -0.25) is 0 Å². The summed E-state index contributed by atoms with van der Waals surface area (Å²) in [4.78, 5) is 22.8. The highest BCUT2D eigenvalue weighted by Crippen LogP contribution is 2.12. The number of carbonyl (C=O) groups excluding carboxylic acids is 2. The van der Waals surface area contributed by atoms with Crippen LogP contribution in [-0.4, -0.2) is 31.3 Å². The van der Waals surface area contributed by atoms with Gasteiger partial charge >= 0.3 is 12.1 Å². The molecule has 0 unspecified atom stereocenters. The molecule has 1 atom stereocenters. The Morgan fingerprint density at radius 2 is 1.81 bits per heavy atom. The number of amides is 1. The van der Waals surface area contributed by atoms with Gasteiger partial charge in [-0.1, -0.05) is 12.1 Å². The minimum absolute atomic E-state index is 0.243. The molecule has 0 fully saturated rings. The van der Waals surface area contributed by atoms with E-state index in [-0.39, 0.29) is 12.6 Å². The third-order valence-corrected chi connectivity index (χ3v) is 2.63. The Morgan fingerprint density at radius 3 is 2.29 bits per heavy atom. The molecule has 6 nitrogen and oxygen atoms in total. The summed E-state index contributed by atoms with van der Waals surface area (Å²) in [5.41, 5.74) is 6.69. The average Bonchev–Trinajstić information content (AvgIpc) is 2.42. The van der Waals surface area contributed by atoms with Gasteiger partial charge in [0.2, 0.25) is 0 Å². The molecule has 0 aliphatic rings. The predicted molar refractivity (Wildman–Crippen MR) is 78.9 cm³/mol. The molecule has 1 rings (SSSR count). The Hall–Kier alpha value is -2.08. The first-order valence-corrected chi connectivity index (χ1v) is 6.63. The van der Waals surface area contributed by atoms with Gasteiger partial charge in [0.05, 0.1) is 12.7 Å². The summed E-state index contributed by atoms with van der Waals surface area (Å²) in [5, 5.41) is 2.61. The molecule has 0 spiro atoms. The van der Waals surface area contributed by atoms with E-state index in [1.165, 1.54) is 7.11 Å². The maximum atomic E-state index is 11.5. The van der Waals surface area contributed by atoms with E-state index in [0.717, 1.165) is 5.56 Å². The van der Waals surface area contributed by atoms with Crippen LogP contribution < -0.4 is 11.1 Å². The van der Waals surface area contributed by atoms with Crippen molar-refractivity contribution in [3.63, 3.8) is 0 Å². The first-order valence-electron chi connectivity index (χ1n) is 6.63. The molecule has 1 aromatic carbocycles. The minimum atomic E-state index is -0.545. The van der Waals surface area contributed by atoms with Crippen LogP contribution in [0.1, 0.15) is 42.7 Å². The van der Waals surface area contributed by atoms with E-state index in [0.29, 0.717) is 5.56 Å². The Balaban J connectivity index is 2.54. The number of carbonyl (C=O) groups is 2. The number of esters is 1. The molecule has 0 aromatic heterocycles. The van der Waals surface area contributed by atoms with E-state index < -0.39 is 17.7 Å². The third-order valence-electron chi connectivity index (χ3n) is 2.63. The summed E-state index contributed by atoms with van der Waals surface area (Å²) in [6.45, 7) is 5.61. The smallest absolute Gasteiger partial charge is 0.407 e. The maximum Gasteiger partial charge on any atom is 0.407 e. The van der Waals surface area contributed by atoms with Gasteiger partial charge in [-0.15, -0.1) is 0 Å². The van der Waals surface area contributed by atoms with Crippen molar-refractivity contribution in [3.8, 4) is 0 Å². The van der Waals surface area contributed by atoms with Crippen LogP contribution in [0.3, 0.4) is 0 Å². The molecule has 3 N–H and O–H groups in total. The molecule has 0 saturated carbocycles. The lowest BCUT2D eigenvalue weighted by atomic mass is 10.1. The highest BCUT2D eigenvalue weighted by Gasteiger charge is 2.17. The number of benzene rings is 1. The summed E-state index contributed by atoms with van der Waals surface area (Å²) in [5.74, 6) is -0.401. The minimum Gasteiger partial charge on any atom is -0.465 e. The molecule has 0 heterocycles. The standard InChI is InChI=1S/C15H22N2O4/c1-15(2,3)21-14(19)17-9-12(16)10-5-7-11(8-6-10)13(18)20-4/h5-8,12H,9,16H2,1-4H3,(H,17,19)/t12-/m1/s1. The molecule has 0 aliphatic heterocycles. The number of hydrogen-bond donors (Lipinski definition) is 2. The monoisotopic (exact) mass is 294 g/mol. The number of alkyl carbamates (subject to hydrolysis) is 1. The van der Waals surface area contributed by atoms with Crippen LogP contribution in [0.15, 0.2) is 24.3 Å². The Labute approximate surface area is 124 Å². The van der Waals surface area contributed by atoms with Gasteiger partial charge in [-0.2, -0.15) is 0 Å². The van der Waals surface area contributed by atoms with E-state index in [4.69, 9.17) is 10.5 Å². The second kappa shape index (κ2) is 7.08. The van der Waals surface area contributed by atoms with Gasteiger partial charge in [-0.05, 0) is 38.5 Å². The topological polar surface area (TPSA) is 90.6 Å². The van der Waals surface area contributed by atoms with E-state index in [1.807, 2.05) is 0 Å². The summed E-state index contributed by atoms with van der Waals surface area (Å²) in [6.07, 6.45) is -0.510. The fraction of sp³-hybridized carbons (Fsp3) is 0.467. The summed E-state index contributed by atoms with van der Waals surface area (Å²) < 4.78 is 9.74. The van der Waals surface area contributed by atoms with E-state index in [2.05, 4.69) is 10.1 Å². The number of hydrogen-bond acceptors (Lipinski definition) is 5. The molecule has 0 radical (unpaired) electrons. The van der Waals surface area contributed by atoms with Crippen LogP contribution in [0.5, 0.6) is 0 Å². The molecular formula is C15H22N2O4. The van der Waals surface area contributed by atoms with Crippen molar-refractivity contribution >= 4 is 12.1 Å². The zero-order valence-corrected chi connectivity index (χ0v) is 12.8. The van der Waals surface area contributed by atoms with Gasteiger partial charge in [0.1, 0.15) is 5.60 Å². The zero-order chi connectivity index (χ0) is 16.0. The van der Waals surface area contributed by atoms with E-state index in [1.54, 1.807) is 45.0 Å². The fourth-order valence-electron chi connectivity index (χ4n) is 1.61. The molecule has 6 heteroatoms. The molecule has 1 aromatic rings. The van der Waals surface area contributed by atoms with Crippen molar-refractivity contribution in [1.29, 1.82) is 0 Å². The molecule has 21 heavy (non-hydrogen) atoms. The summed E-state index contributed by atoms with van der Waals surface area (Å²) >= 11 is 0. The van der Waals surface area contributed by atoms with Crippen molar-refractivity contribution in [3.05, 3.63) is 35.4 Å². The first-order chi connectivity index (χ1) is 9.73. The summed E-state index contributed by atoms with van der Waals surface area (Å²) in [7, 11) is 1.33. The molecule has 1 amide bonds. The lowest BCUT2D eigenvalue weighted by Crippen LogP contribution is -2.36. The zero-order valence-electron chi connectivity index (χ0n) is 12.8. The van der Waals surface area contributed by atoms with Crippen LogP contribution in [0.25, 0.3) is 0 Å². The molecule has 0 saturated heterocycles. The van der Waals surface area contributed by atoms with Crippen molar-refractivity contribution in [2.24, 2.45) is 5.73 Å². The second-order valence-electron chi connectivity index (χ2n) is 5.60. The lowest BCUT2D eigenvalue weighted by Gasteiger charge is -2.21. The highest BCUT2D eigenvalue weighted by molar-refractivity contribution is 5.89. The molecule has 116 valence electrons. The number of nitrogens with one attached hydrogen (secondary N) is 1. The predicted octanol–water partition coefficient (Wildman–Crippen LogP) is 2.00. The van der Waals surface area contributed by atoms with E-state index >= 15 is 0 Å². The van der Waals surface area contributed by atoms with Crippen LogP contribution >= 0.6 is 0 Å². The first kappa shape index (κ1) is 17.0. The number of ether oxygens (including phenoxy) is 2. The average molecular weight is 294 g/mol. The van der Waals surface area contributed by atoms with Crippen LogP contribution in [-0.2, 0) is 9.47 Å². The largest absolute Gasteiger partial charge is 0.465 e. The van der Waals surface area contributed by atoms with Gasteiger partial charge in [0.15, 0.2) is 0 Å². The fourth-order valence-corrected chi connectivity index (χ4v) is 1.61. The number of rotatable bonds is 4. The molecular weight excluding hydrogens is 272 g/mol. The van der Waals surface area contributed by atoms with Crippen LogP contribution in [0, 0.1) is 0 Å². The normalized spacial score (nSPS) is 12.4. The van der Waals surface area contributed by atoms with Crippen molar-refractivity contribution in [2.75, 3.05) is 13.7 Å². The Kier molecular flexibility index (Phi) is 5.72. The number of methoxy groups -OCH3 is 1. The van der Waals surface area contributed by atoms with Crippen molar-refractivity contribution < 1.29 is 19.1 Å². The van der Waals surface area contributed by atoms with Gasteiger partial charge in [-0.25, -0.2) is 9.59 Å². The Morgan fingerprint density at radius 1 is 1.24 bits per heavy atom. The highest BCUT2D eigenvalue weighted by atomic mass is 16.6.